The Morgan fingerprint density at radius 1 is 1.53 bits per heavy atom. The lowest BCUT2D eigenvalue weighted by Gasteiger charge is -2.29. The zero-order chi connectivity index (χ0) is 13.8. The van der Waals surface area contributed by atoms with Crippen molar-refractivity contribution in [2.45, 2.75) is 37.8 Å². The van der Waals surface area contributed by atoms with E-state index in [1.165, 1.54) is 0 Å². The molecule has 0 amide bonds. The fourth-order valence-electron chi connectivity index (χ4n) is 2.55. The molecule has 2 atom stereocenters. The summed E-state index contributed by atoms with van der Waals surface area (Å²) in [6, 6.07) is 5.23. The van der Waals surface area contributed by atoms with Crippen LogP contribution in [0.5, 0.6) is 5.75 Å². The molecule has 1 fully saturated rings. The molecule has 19 heavy (non-hydrogen) atoms. The number of rotatable bonds is 4. The van der Waals surface area contributed by atoms with Crippen LogP contribution in [0.2, 0.25) is 5.02 Å². The summed E-state index contributed by atoms with van der Waals surface area (Å²) in [6.45, 7) is 0. The first-order valence-electron chi connectivity index (χ1n) is 6.41. The molecule has 1 aromatic rings. The normalized spacial score (nSPS) is 23.1. The fraction of sp³-hybridized carbons (Fsp3) is 0.500. The van der Waals surface area contributed by atoms with E-state index in [1.807, 2.05) is 12.1 Å². The van der Waals surface area contributed by atoms with Crippen LogP contribution in [0.1, 0.15) is 24.8 Å². The molecule has 0 saturated carbocycles. The van der Waals surface area contributed by atoms with Crippen molar-refractivity contribution in [2.24, 2.45) is 0 Å². The minimum Gasteiger partial charge on any atom is -0.496 e. The molecule has 2 N–H and O–H groups in total. The molecule has 1 aromatic carbocycles. The van der Waals surface area contributed by atoms with Crippen LogP contribution in [0.25, 0.3) is 0 Å². The van der Waals surface area contributed by atoms with Gasteiger partial charge in [-0.3, -0.25) is 4.79 Å². The topological polar surface area (TPSA) is 58.6 Å². The number of hydrogen-bond donors (Lipinski definition) is 2. The van der Waals surface area contributed by atoms with Gasteiger partial charge in [0.05, 0.1) is 7.11 Å². The molecule has 1 heterocycles. The molecular formula is C14H18ClNO3. The minimum absolute atomic E-state index is 0.155. The van der Waals surface area contributed by atoms with Crippen LogP contribution in [-0.2, 0) is 11.2 Å². The summed E-state index contributed by atoms with van der Waals surface area (Å²) in [6.07, 6.45) is 3.32. The van der Waals surface area contributed by atoms with Gasteiger partial charge in [-0.05, 0) is 49.4 Å². The molecule has 0 aliphatic carbocycles. The lowest BCUT2D eigenvalue weighted by molar-refractivity contribution is -0.140. The van der Waals surface area contributed by atoms with E-state index in [2.05, 4.69) is 5.32 Å². The highest BCUT2D eigenvalue weighted by atomic mass is 35.5. The Morgan fingerprint density at radius 2 is 2.32 bits per heavy atom. The molecular weight excluding hydrogens is 266 g/mol. The van der Waals surface area contributed by atoms with Crippen LogP contribution in [-0.4, -0.2) is 30.3 Å². The second kappa shape index (κ2) is 6.26. The van der Waals surface area contributed by atoms with Gasteiger partial charge < -0.3 is 15.2 Å². The molecule has 4 nitrogen and oxygen atoms in total. The molecule has 0 radical (unpaired) electrons. The van der Waals surface area contributed by atoms with Gasteiger partial charge in [-0.2, -0.15) is 0 Å². The fourth-order valence-corrected chi connectivity index (χ4v) is 2.74. The third kappa shape index (κ3) is 3.61. The van der Waals surface area contributed by atoms with Crippen LogP contribution >= 0.6 is 11.6 Å². The molecule has 0 aromatic heterocycles. The zero-order valence-corrected chi connectivity index (χ0v) is 11.6. The van der Waals surface area contributed by atoms with E-state index >= 15 is 0 Å². The Kier molecular flexibility index (Phi) is 4.66. The van der Waals surface area contributed by atoms with Gasteiger partial charge in [-0.25, -0.2) is 0 Å². The van der Waals surface area contributed by atoms with E-state index in [1.54, 1.807) is 13.2 Å². The highest BCUT2D eigenvalue weighted by molar-refractivity contribution is 6.30. The molecule has 2 unspecified atom stereocenters. The van der Waals surface area contributed by atoms with Gasteiger partial charge in [0.25, 0.3) is 0 Å². The number of hydrogen-bond acceptors (Lipinski definition) is 3. The molecule has 0 bridgehead atoms. The van der Waals surface area contributed by atoms with Crippen LogP contribution in [0, 0.1) is 0 Å². The highest BCUT2D eigenvalue weighted by Gasteiger charge is 2.26. The van der Waals surface area contributed by atoms with E-state index in [-0.39, 0.29) is 6.04 Å². The van der Waals surface area contributed by atoms with E-state index in [4.69, 9.17) is 21.4 Å². The van der Waals surface area contributed by atoms with Crippen molar-refractivity contribution in [3.63, 3.8) is 0 Å². The summed E-state index contributed by atoms with van der Waals surface area (Å²) in [4.78, 5) is 11.0. The minimum atomic E-state index is -0.775. The number of ether oxygens (including phenoxy) is 1. The first kappa shape index (κ1) is 14.2. The van der Waals surface area contributed by atoms with Crippen LogP contribution in [0.4, 0.5) is 0 Å². The van der Waals surface area contributed by atoms with Crippen LogP contribution in [0.15, 0.2) is 18.2 Å². The van der Waals surface area contributed by atoms with Gasteiger partial charge in [-0.1, -0.05) is 11.6 Å². The summed E-state index contributed by atoms with van der Waals surface area (Å²) in [5, 5.41) is 12.9. The van der Waals surface area contributed by atoms with Crippen molar-refractivity contribution < 1.29 is 14.6 Å². The third-order valence-corrected chi connectivity index (χ3v) is 3.72. The summed E-state index contributed by atoms with van der Waals surface area (Å²) < 4.78 is 5.31. The van der Waals surface area contributed by atoms with Crippen LogP contribution < -0.4 is 10.1 Å². The lowest BCUT2D eigenvalue weighted by Crippen LogP contribution is -2.47. The molecule has 1 saturated heterocycles. The first-order valence-corrected chi connectivity index (χ1v) is 6.79. The van der Waals surface area contributed by atoms with E-state index in [0.717, 1.165) is 30.6 Å². The average molecular weight is 284 g/mol. The Morgan fingerprint density at radius 3 is 3.00 bits per heavy atom. The molecule has 0 spiro atoms. The number of aliphatic carboxylic acids is 1. The molecule has 1 aliphatic heterocycles. The summed E-state index contributed by atoms with van der Waals surface area (Å²) in [5.41, 5.74) is 1.01. The number of carbonyl (C=O) groups is 1. The monoisotopic (exact) mass is 283 g/mol. The predicted octanol–water partition coefficient (Wildman–Crippen LogP) is 2.49. The van der Waals surface area contributed by atoms with E-state index < -0.39 is 12.0 Å². The number of halogens is 1. The Bertz CT molecular complexity index is 464. The second-order valence-corrected chi connectivity index (χ2v) is 5.28. The van der Waals surface area contributed by atoms with Crippen LogP contribution in [0.3, 0.4) is 0 Å². The standard InChI is InChI=1S/C14H18ClNO3/c1-19-13-6-5-10(15)7-9(13)8-11-3-2-4-12(16-11)14(17)18/h5-7,11-12,16H,2-4,8H2,1H3,(H,17,18). The van der Waals surface area contributed by atoms with Gasteiger partial charge in [-0.15, -0.1) is 0 Å². The second-order valence-electron chi connectivity index (χ2n) is 4.85. The first-order chi connectivity index (χ1) is 9.10. The van der Waals surface area contributed by atoms with Gasteiger partial charge in [0.2, 0.25) is 0 Å². The maximum Gasteiger partial charge on any atom is 0.320 e. The third-order valence-electron chi connectivity index (χ3n) is 3.49. The number of carboxylic acids is 1. The maximum absolute atomic E-state index is 11.0. The average Bonchev–Trinajstić information content (AvgIpc) is 2.39. The van der Waals surface area contributed by atoms with Crippen molar-refractivity contribution in [3.8, 4) is 5.75 Å². The van der Waals surface area contributed by atoms with E-state index in [9.17, 15) is 4.79 Å². The Balaban J connectivity index is 2.08. The molecule has 2 rings (SSSR count). The predicted molar refractivity (Wildman–Crippen MR) is 73.9 cm³/mol. The molecule has 5 heteroatoms. The zero-order valence-electron chi connectivity index (χ0n) is 10.9. The van der Waals surface area contributed by atoms with E-state index in [0.29, 0.717) is 11.4 Å². The smallest absolute Gasteiger partial charge is 0.320 e. The molecule has 104 valence electrons. The lowest BCUT2D eigenvalue weighted by atomic mass is 9.93. The Labute approximate surface area is 117 Å². The van der Waals surface area contributed by atoms with Gasteiger partial charge in [0, 0.05) is 11.1 Å². The number of methoxy groups -OCH3 is 1. The summed E-state index contributed by atoms with van der Waals surface area (Å²) in [7, 11) is 1.63. The molecule has 1 aliphatic rings. The van der Waals surface area contributed by atoms with Crippen molar-refractivity contribution in [1.82, 2.24) is 5.32 Å². The quantitative estimate of drug-likeness (QED) is 0.891. The largest absolute Gasteiger partial charge is 0.496 e. The number of nitrogens with one attached hydrogen (secondary N) is 1. The summed E-state index contributed by atoms with van der Waals surface area (Å²) >= 11 is 6.00. The summed E-state index contributed by atoms with van der Waals surface area (Å²) in [5.74, 6) is 0.0198. The van der Waals surface area contributed by atoms with Gasteiger partial charge in [0.15, 0.2) is 0 Å². The van der Waals surface area contributed by atoms with Gasteiger partial charge in [0.1, 0.15) is 11.8 Å². The number of benzene rings is 1. The number of piperidine rings is 1. The SMILES string of the molecule is COc1ccc(Cl)cc1CC1CCCC(C(=O)O)N1. The van der Waals surface area contributed by atoms with Crippen molar-refractivity contribution in [3.05, 3.63) is 28.8 Å². The highest BCUT2D eigenvalue weighted by Crippen LogP contribution is 2.26. The number of carboxylic acid groups (broad SMARTS) is 1. The van der Waals surface area contributed by atoms with Gasteiger partial charge >= 0.3 is 5.97 Å². The van der Waals surface area contributed by atoms with Crippen molar-refractivity contribution in [1.29, 1.82) is 0 Å². The van der Waals surface area contributed by atoms with Crippen molar-refractivity contribution >= 4 is 17.6 Å². The maximum atomic E-state index is 11.0. The Hall–Kier alpha value is -1.26. The van der Waals surface area contributed by atoms with Crippen molar-refractivity contribution in [2.75, 3.05) is 7.11 Å².